The van der Waals surface area contributed by atoms with E-state index in [1.807, 2.05) is 24.0 Å². The molecule has 2 heterocycles. The molecule has 1 fully saturated rings. The van der Waals surface area contributed by atoms with Gasteiger partial charge >= 0.3 is 0 Å². The lowest BCUT2D eigenvalue weighted by molar-refractivity contribution is 0.486. The number of nitrogens with zero attached hydrogens (tertiary/aromatic N) is 4. The molecule has 2 aromatic rings. The molecule has 1 aromatic heterocycles. The van der Waals surface area contributed by atoms with Crippen molar-refractivity contribution in [2.24, 2.45) is 12.0 Å². The standard InChI is InChI=1S/C18H24BrN5/c1-3-20-18(21-10-14-5-4-6-17(19)9-14)24-8-7-15(13-24)16-11-22-23(2)12-16/h4-6,9,11-12,15H,3,7-8,10,13H2,1-2H3,(H,20,21). The quantitative estimate of drug-likeness (QED) is 0.645. The molecule has 24 heavy (non-hydrogen) atoms. The molecule has 1 N–H and O–H groups in total. The molecule has 1 aromatic carbocycles. The smallest absolute Gasteiger partial charge is 0.194 e. The molecule has 1 aliphatic heterocycles. The summed E-state index contributed by atoms with van der Waals surface area (Å²) in [5.41, 5.74) is 2.53. The third kappa shape index (κ3) is 4.17. The van der Waals surface area contributed by atoms with Crippen LogP contribution in [0.1, 0.15) is 30.4 Å². The first kappa shape index (κ1) is 17.0. The van der Waals surface area contributed by atoms with Gasteiger partial charge in [-0.15, -0.1) is 0 Å². The maximum Gasteiger partial charge on any atom is 0.194 e. The summed E-state index contributed by atoms with van der Waals surface area (Å²) in [6, 6.07) is 8.32. The molecule has 0 amide bonds. The van der Waals surface area contributed by atoms with Crippen molar-refractivity contribution in [1.82, 2.24) is 20.0 Å². The monoisotopic (exact) mass is 389 g/mol. The third-order valence-electron chi connectivity index (χ3n) is 4.32. The Morgan fingerprint density at radius 3 is 3.04 bits per heavy atom. The average molecular weight is 390 g/mol. The van der Waals surface area contributed by atoms with E-state index in [2.05, 4.69) is 62.6 Å². The summed E-state index contributed by atoms with van der Waals surface area (Å²) in [7, 11) is 1.97. The normalized spacial score (nSPS) is 18.2. The fourth-order valence-corrected chi connectivity index (χ4v) is 3.55. The highest BCUT2D eigenvalue weighted by atomic mass is 79.9. The Morgan fingerprint density at radius 1 is 1.46 bits per heavy atom. The molecular formula is C18H24BrN5. The summed E-state index contributed by atoms with van der Waals surface area (Å²) in [4.78, 5) is 7.19. The lowest BCUT2D eigenvalue weighted by Gasteiger charge is -2.21. The number of benzene rings is 1. The van der Waals surface area contributed by atoms with E-state index in [-0.39, 0.29) is 0 Å². The van der Waals surface area contributed by atoms with E-state index in [9.17, 15) is 0 Å². The summed E-state index contributed by atoms with van der Waals surface area (Å²) in [6.45, 7) is 5.71. The van der Waals surface area contributed by atoms with Gasteiger partial charge in [-0.25, -0.2) is 4.99 Å². The van der Waals surface area contributed by atoms with Crippen LogP contribution < -0.4 is 5.32 Å². The minimum Gasteiger partial charge on any atom is -0.357 e. The molecule has 0 aliphatic carbocycles. The Kier molecular flexibility index (Phi) is 5.56. The molecule has 0 bridgehead atoms. The Balaban J connectivity index is 1.68. The zero-order valence-corrected chi connectivity index (χ0v) is 15.8. The van der Waals surface area contributed by atoms with Gasteiger partial charge < -0.3 is 10.2 Å². The van der Waals surface area contributed by atoms with Crippen LogP contribution in [0.2, 0.25) is 0 Å². The van der Waals surface area contributed by atoms with E-state index in [4.69, 9.17) is 4.99 Å². The number of likely N-dealkylation sites (tertiary alicyclic amines) is 1. The zero-order valence-electron chi connectivity index (χ0n) is 14.2. The highest BCUT2D eigenvalue weighted by molar-refractivity contribution is 9.10. The van der Waals surface area contributed by atoms with Crippen molar-refractivity contribution in [2.75, 3.05) is 19.6 Å². The maximum absolute atomic E-state index is 4.83. The molecular weight excluding hydrogens is 366 g/mol. The van der Waals surface area contributed by atoms with Gasteiger partial charge in [-0.2, -0.15) is 5.10 Å². The Labute approximate surface area is 151 Å². The minimum absolute atomic E-state index is 0.536. The second-order valence-electron chi connectivity index (χ2n) is 6.18. The molecule has 0 saturated carbocycles. The molecule has 3 rings (SSSR count). The third-order valence-corrected chi connectivity index (χ3v) is 4.81. The van der Waals surface area contributed by atoms with E-state index < -0.39 is 0 Å². The molecule has 0 radical (unpaired) electrons. The molecule has 5 nitrogen and oxygen atoms in total. The number of aliphatic imine (C=N–C) groups is 1. The van der Waals surface area contributed by atoms with E-state index >= 15 is 0 Å². The van der Waals surface area contributed by atoms with E-state index in [1.165, 1.54) is 11.1 Å². The summed E-state index contributed by atoms with van der Waals surface area (Å²) in [6.07, 6.45) is 5.26. The van der Waals surface area contributed by atoms with E-state index in [0.717, 1.165) is 36.5 Å². The molecule has 1 unspecified atom stereocenters. The predicted octanol–water partition coefficient (Wildman–Crippen LogP) is 3.14. The van der Waals surface area contributed by atoms with Gasteiger partial charge in [-0.1, -0.05) is 28.1 Å². The second-order valence-corrected chi connectivity index (χ2v) is 7.09. The van der Waals surface area contributed by atoms with Gasteiger partial charge in [0.15, 0.2) is 5.96 Å². The molecule has 0 spiro atoms. The number of hydrogen-bond acceptors (Lipinski definition) is 2. The minimum atomic E-state index is 0.536. The van der Waals surface area contributed by atoms with Gasteiger partial charge in [0, 0.05) is 43.3 Å². The predicted molar refractivity (Wildman–Crippen MR) is 101 cm³/mol. The van der Waals surface area contributed by atoms with Crippen LogP contribution >= 0.6 is 15.9 Å². The first-order valence-electron chi connectivity index (χ1n) is 8.42. The highest BCUT2D eigenvalue weighted by Crippen LogP contribution is 2.26. The van der Waals surface area contributed by atoms with Crippen LogP contribution in [0, 0.1) is 0 Å². The van der Waals surface area contributed by atoms with Crippen LogP contribution in [-0.2, 0) is 13.6 Å². The van der Waals surface area contributed by atoms with Gasteiger partial charge in [0.2, 0.25) is 0 Å². The van der Waals surface area contributed by atoms with Crippen LogP contribution in [0.5, 0.6) is 0 Å². The second kappa shape index (κ2) is 7.83. The number of aromatic nitrogens is 2. The van der Waals surface area contributed by atoms with Crippen LogP contribution in [0.15, 0.2) is 46.1 Å². The molecule has 1 atom stereocenters. The number of nitrogens with one attached hydrogen (secondary N) is 1. The zero-order chi connectivity index (χ0) is 16.9. The topological polar surface area (TPSA) is 45.5 Å². The van der Waals surface area contributed by atoms with Crippen LogP contribution in [-0.4, -0.2) is 40.3 Å². The van der Waals surface area contributed by atoms with E-state index in [1.54, 1.807) is 0 Å². The molecule has 1 saturated heterocycles. The first-order chi connectivity index (χ1) is 11.7. The van der Waals surface area contributed by atoms with E-state index in [0.29, 0.717) is 12.5 Å². The summed E-state index contributed by atoms with van der Waals surface area (Å²) in [5, 5.41) is 7.73. The van der Waals surface area contributed by atoms with Crippen LogP contribution in [0.4, 0.5) is 0 Å². The van der Waals surface area contributed by atoms with Crippen LogP contribution in [0.3, 0.4) is 0 Å². The van der Waals surface area contributed by atoms with Crippen molar-refractivity contribution in [3.8, 4) is 0 Å². The average Bonchev–Trinajstić information content (AvgIpc) is 3.20. The largest absolute Gasteiger partial charge is 0.357 e. The van der Waals surface area contributed by atoms with Crippen molar-refractivity contribution in [2.45, 2.75) is 25.8 Å². The number of guanidine groups is 1. The lowest BCUT2D eigenvalue weighted by Crippen LogP contribution is -2.40. The van der Waals surface area contributed by atoms with Crippen molar-refractivity contribution in [3.63, 3.8) is 0 Å². The fourth-order valence-electron chi connectivity index (χ4n) is 3.10. The first-order valence-corrected chi connectivity index (χ1v) is 9.21. The number of hydrogen-bond donors (Lipinski definition) is 1. The van der Waals surface area contributed by atoms with Crippen molar-refractivity contribution in [3.05, 3.63) is 52.3 Å². The Morgan fingerprint density at radius 2 is 2.33 bits per heavy atom. The van der Waals surface area contributed by atoms with Crippen molar-refractivity contribution in [1.29, 1.82) is 0 Å². The summed E-state index contributed by atoms with van der Waals surface area (Å²) < 4.78 is 2.97. The van der Waals surface area contributed by atoms with Gasteiger partial charge in [-0.3, -0.25) is 4.68 Å². The van der Waals surface area contributed by atoms with Gasteiger partial charge in [0.25, 0.3) is 0 Å². The Hall–Kier alpha value is -1.82. The number of halogens is 1. The van der Waals surface area contributed by atoms with Gasteiger partial charge in [-0.05, 0) is 36.6 Å². The van der Waals surface area contributed by atoms with Gasteiger partial charge in [0.05, 0.1) is 12.7 Å². The summed E-state index contributed by atoms with van der Waals surface area (Å²) in [5.74, 6) is 1.54. The van der Waals surface area contributed by atoms with Gasteiger partial charge in [0.1, 0.15) is 0 Å². The molecule has 6 heteroatoms. The van der Waals surface area contributed by atoms with Crippen LogP contribution in [0.25, 0.3) is 0 Å². The van der Waals surface area contributed by atoms with Crippen molar-refractivity contribution < 1.29 is 0 Å². The lowest BCUT2D eigenvalue weighted by atomic mass is 10.0. The fraction of sp³-hybridized carbons (Fsp3) is 0.444. The number of aryl methyl sites for hydroxylation is 1. The number of rotatable bonds is 4. The Bertz CT molecular complexity index is 709. The van der Waals surface area contributed by atoms with Crippen molar-refractivity contribution >= 4 is 21.9 Å². The highest BCUT2D eigenvalue weighted by Gasteiger charge is 2.26. The summed E-state index contributed by atoms with van der Waals surface area (Å²) >= 11 is 3.52. The SMILES string of the molecule is CCNC(=NCc1cccc(Br)c1)N1CCC(c2cnn(C)c2)C1. The molecule has 1 aliphatic rings. The molecule has 128 valence electrons. The maximum atomic E-state index is 4.83.